The predicted molar refractivity (Wildman–Crippen MR) is 117 cm³/mol. The molecule has 0 spiro atoms. The Labute approximate surface area is 178 Å². The maximum atomic E-state index is 13.1. The van der Waals surface area contributed by atoms with E-state index >= 15 is 0 Å². The molecule has 3 N–H and O–H groups in total. The number of pyridine rings is 2. The second-order valence-corrected chi connectivity index (χ2v) is 7.89. The van der Waals surface area contributed by atoms with Crippen molar-refractivity contribution < 1.29 is 14.4 Å². The monoisotopic (exact) mass is 425 g/mol. The number of hydrogen-bond acceptors (Lipinski definition) is 6. The van der Waals surface area contributed by atoms with Gasteiger partial charge in [0.25, 0.3) is 5.56 Å². The summed E-state index contributed by atoms with van der Waals surface area (Å²) in [5.41, 5.74) is 3.14. The van der Waals surface area contributed by atoms with Crippen molar-refractivity contribution in [3.05, 3.63) is 52.1 Å². The molecule has 8 nitrogen and oxygen atoms in total. The summed E-state index contributed by atoms with van der Waals surface area (Å²) in [7, 11) is 1.66. The lowest BCUT2D eigenvalue weighted by Crippen LogP contribution is -2.34. The zero-order valence-corrected chi connectivity index (χ0v) is 17.5. The van der Waals surface area contributed by atoms with Crippen LogP contribution in [0.5, 0.6) is 0 Å². The number of nitrogens with zero attached hydrogens (tertiary/aromatic N) is 3. The fourth-order valence-corrected chi connectivity index (χ4v) is 3.79. The maximum Gasteiger partial charge on any atom is 0.258 e. The highest BCUT2D eigenvalue weighted by molar-refractivity contribution is 5.96. The topological polar surface area (TPSA) is 109 Å². The number of halogens is 1. The van der Waals surface area contributed by atoms with E-state index in [-0.39, 0.29) is 23.8 Å². The van der Waals surface area contributed by atoms with Crippen molar-refractivity contribution in [2.75, 3.05) is 5.32 Å². The number of anilines is 1. The Kier molecular flexibility index (Phi) is 5.34. The van der Waals surface area contributed by atoms with Crippen molar-refractivity contribution in [1.29, 1.82) is 0 Å². The molecule has 1 fully saturated rings. The first-order valence-electron chi connectivity index (χ1n) is 10.1. The summed E-state index contributed by atoms with van der Waals surface area (Å²) in [6.07, 6.45) is 5.01. The summed E-state index contributed by atoms with van der Waals surface area (Å²) in [6, 6.07) is 3.15. The smallest absolute Gasteiger partial charge is 0.258 e. The highest BCUT2D eigenvalue weighted by Gasteiger charge is 2.43. The molecule has 3 unspecified atom stereocenters. The zero-order valence-electron chi connectivity index (χ0n) is 17.5. The first-order valence-corrected chi connectivity index (χ1v) is 10.1. The molecule has 0 saturated heterocycles. The molecule has 2 aromatic heterocycles. The average Bonchev–Trinajstić information content (AvgIpc) is 3.49. The van der Waals surface area contributed by atoms with Gasteiger partial charge >= 0.3 is 0 Å². The minimum Gasteiger partial charge on any atom is -0.411 e. The number of fused-ring (bicyclic) bond motifs is 1. The number of allylic oxidation sites excluding steroid dienone is 2. The van der Waals surface area contributed by atoms with Crippen LogP contribution in [-0.2, 0) is 11.8 Å². The van der Waals surface area contributed by atoms with Crippen LogP contribution in [0.1, 0.15) is 32.3 Å². The van der Waals surface area contributed by atoms with Crippen LogP contribution in [0.3, 0.4) is 0 Å². The number of dihydropyridines is 1. The van der Waals surface area contributed by atoms with E-state index in [0.717, 1.165) is 16.5 Å². The minimum absolute atomic E-state index is 0.201. The fraction of sp³-hybridized carbons (Fsp3) is 0.364. The van der Waals surface area contributed by atoms with Crippen LogP contribution in [0.4, 0.5) is 10.2 Å². The quantitative estimate of drug-likeness (QED) is 0.388. The van der Waals surface area contributed by atoms with E-state index in [1.807, 2.05) is 19.9 Å². The molecule has 31 heavy (non-hydrogen) atoms. The Hall–Kier alpha value is -3.49. The van der Waals surface area contributed by atoms with Crippen molar-refractivity contribution in [2.24, 2.45) is 18.1 Å². The van der Waals surface area contributed by atoms with E-state index in [1.54, 1.807) is 31.6 Å². The summed E-state index contributed by atoms with van der Waals surface area (Å²) < 4.78 is 14.6. The number of aromatic nitrogens is 2. The first kappa shape index (κ1) is 20.8. The molecule has 4 rings (SSSR count). The van der Waals surface area contributed by atoms with Gasteiger partial charge in [-0.3, -0.25) is 9.59 Å². The summed E-state index contributed by atoms with van der Waals surface area (Å²) in [5, 5.41) is 19.0. The lowest BCUT2D eigenvalue weighted by atomic mass is 9.94. The third-order valence-corrected chi connectivity index (χ3v) is 5.80. The van der Waals surface area contributed by atoms with E-state index in [1.165, 1.54) is 4.57 Å². The summed E-state index contributed by atoms with van der Waals surface area (Å²) >= 11 is 0. The number of alkyl halides is 1. The number of hydrogen-bond donors (Lipinski definition) is 3. The second kappa shape index (κ2) is 7.98. The van der Waals surface area contributed by atoms with E-state index < -0.39 is 18.0 Å². The Bertz CT molecular complexity index is 1210. The van der Waals surface area contributed by atoms with Crippen LogP contribution >= 0.6 is 0 Å². The lowest BCUT2D eigenvalue weighted by molar-refractivity contribution is -0.117. The molecule has 1 saturated carbocycles. The van der Waals surface area contributed by atoms with Crippen molar-refractivity contribution in [1.82, 2.24) is 14.9 Å². The molecular formula is C22H24FN5O3. The van der Waals surface area contributed by atoms with Gasteiger partial charge in [0.05, 0.1) is 23.2 Å². The first-order chi connectivity index (χ1) is 14.8. The second-order valence-electron chi connectivity index (χ2n) is 7.89. The van der Waals surface area contributed by atoms with Crippen molar-refractivity contribution in [3.63, 3.8) is 0 Å². The van der Waals surface area contributed by atoms with Gasteiger partial charge in [-0.05, 0) is 31.4 Å². The van der Waals surface area contributed by atoms with Gasteiger partial charge < -0.3 is 20.4 Å². The van der Waals surface area contributed by atoms with E-state index in [0.29, 0.717) is 23.2 Å². The molecular weight excluding hydrogens is 401 g/mol. The number of rotatable bonds is 5. The molecule has 3 heterocycles. The van der Waals surface area contributed by atoms with Crippen molar-refractivity contribution in [2.45, 2.75) is 38.9 Å². The number of amides is 1. The van der Waals surface area contributed by atoms with E-state index in [2.05, 4.69) is 20.8 Å². The van der Waals surface area contributed by atoms with Crippen LogP contribution in [0.25, 0.3) is 16.5 Å². The highest BCUT2D eigenvalue weighted by Crippen LogP contribution is 2.34. The van der Waals surface area contributed by atoms with Crippen LogP contribution < -0.4 is 16.2 Å². The summed E-state index contributed by atoms with van der Waals surface area (Å²) in [6.45, 7) is 3.81. The Morgan fingerprint density at radius 3 is 2.81 bits per heavy atom. The summed E-state index contributed by atoms with van der Waals surface area (Å²) in [4.78, 5) is 29.3. The molecule has 0 radical (unpaired) electrons. The van der Waals surface area contributed by atoms with E-state index in [9.17, 15) is 14.0 Å². The van der Waals surface area contributed by atoms with Gasteiger partial charge in [-0.25, -0.2) is 9.37 Å². The Balaban J connectivity index is 1.67. The number of oxime groups is 1. The zero-order chi connectivity index (χ0) is 22.3. The molecule has 2 aliphatic rings. The summed E-state index contributed by atoms with van der Waals surface area (Å²) in [5.74, 6) is -0.725. The van der Waals surface area contributed by atoms with Gasteiger partial charge in [0.1, 0.15) is 12.0 Å². The standard InChI is InChI=1S/C22H24FN5O3/c1-4-17(27-31)18-5-11(2)15(10-24-18)13-6-12-9-25-20(8-19(12)28(3)22(13)30)26-21(29)14-7-16(14)23/h5-6,8-10,14,16,18,24,31H,4,7H2,1-3H3,(H,25,26,29)/b27-17-. The number of carbonyl (C=O) groups is 1. The van der Waals surface area contributed by atoms with Crippen molar-refractivity contribution >= 4 is 33.9 Å². The predicted octanol–water partition coefficient (Wildman–Crippen LogP) is 2.73. The largest absolute Gasteiger partial charge is 0.411 e. The normalized spacial score (nSPS) is 23.1. The molecule has 1 aliphatic heterocycles. The van der Waals surface area contributed by atoms with Crippen LogP contribution in [0.2, 0.25) is 0 Å². The van der Waals surface area contributed by atoms with Gasteiger partial charge in [0.2, 0.25) is 5.91 Å². The van der Waals surface area contributed by atoms with Crippen LogP contribution in [-0.4, -0.2) is 38.6 Å². The molecule has 3 atom stereocenters. The number of nitrogens with one attached hydrogen (secondary N) is 2. The van der Waals surface area contributed by atoms with Crippen molar-refractivity contribution in [3.8, 4) is 0 Å². The third-order valence-electron chi connectivity index (χ3n) is 5.80. The molecule has 0 aromatic carbocycles. The van der Waals surface area contributed by atoms with Gasteiger partial charge in [-0.1, -0.05) is 18.2 Å². The van der Waals surface area contributed by atoms with Gasteiger partial charge in [0.15, 0.2) is 0 Å². The Morgan fingerprint density at radius 2 is 2.19 bits per heavy atom. The molecule has 0 bridgehead atoms. The fourth-order valence-electron chi connectivity index (χ4n) is 3.79. The SMILES string of the molecule is CC/C(=N/O)C1C=C(C)C(c2cc3cnc(NC(=O)C4CC4F)cc3n(C)c2=O)=CN1. The molecule has 9 heteroatoms. The molecule has 1 amide bonds. The van der Waals surface area contributed by atoms with Gasteiger partial charge in [0, 0.05) is 42.0 Å². The maximum absolute atomic E-state index is 13.1. The lowest BCUT2D eigenvalue weighted by Gasteiger charge is -2.23. The minimum atomic E-state index is -1.09. The third kappa shape index (κ3) is 3.83. The van der Waals surface area contributed by atoms with Crippen LogP contribution in [0, 0.1) is 5.92 Å². The van der Waals surface area contributed by atoms with Crippen LogP contribution in [0.15, 0.2) is 46.1 Å². The molecule has 162 valence electrons. The molecule has 1 aliphatic carbocycles. The van der Waals surface area contributed by atoms with E-state index in [4.69, 9.17) is 5.21 Å². The Morgan fingerprint density at radius 1 is 1.45 bits per heavy atom. The highest BCUT2D eigenvalue weighted by atomic mass is 19.1. The number of aryl methyl sites for hydroxylation is 1. The van der Waals surface area contributed by atoms with Gasteiger partial charge in [-0.2, -0.15) is 0 Å². The number of carbonyl (C=O) groups excluding carboxylic acids is 1. The average molecular weight is 425 g/mol. The van der Waals surface area contributed by atoms with Gasteiger partial charge in [-0.15, -0.1) is 0 Å². The molecule has 2 aromatic rings.